The lowest BCUT2D eigenvalue weighted by molar-refractivity contribution is -0.147. The highest BCUT2D eigenvalue weighted by molar-refractivity contribution is 5.62. The first-order valence-corrected chi connectivity index (χ1v) is 12.6. The van der Waals surface area contributed by atoms with Crippen molar-refractivity contribution in [1.29, 1.82) is 0 Å². The Morgan fingerprint density at radius 2 is 1.71 bits per heavy atom. The Labute approximate surface area is 208 Å². The van der Waals surface area contributed by atoms with Crippen LogP contribution in [0.2, 0.25) is 0 Å². The zero-order valence-corrected chi connectivity index (χ0v) is 20.0. The molecule has 2 saturated heterocycles. The molecule has 3 aliphatic rings. The minimum Gasteiger partial charge on any atom is -0.395 e. The second kappa shape index (κ2) is 10.8. The SMILES string of the molecule is [2H]c1c(NCc2ccc(CN3CC(O)C(O)C(O)C3CO)cc2)cc(N2CCOCC2)cc1C1CC1. The number of morpholine rings is 1. The van der Waals surface area contributed by atoms with Crippen molar-refractivity contribution in [2.24, 2.45) is 0 Å². The molecule has 2 heterocycles. The van der Waals surface area contributed by atoms with Gasteiger partial charge in [-0.25, -0.2) is 0 Å². The molecule has 0 bridgehead atoms. The van der Waals surface area contributed by atoms with Crippen molar-refractivity contribution < 1.29 is 26.5 Å². The Kier molecular flexibility index (Phi) is 7.18. The van der Waals surface area contributed by atoms with Crippen molar-refractivity contribution in [3.8, 4) is 0 Å². The van der Waals surface area contributed by atoms with E-state index in [0.717, 1.165) is 67.2 Å². The topological polar surface area (TPSA) is 109 Å². The Bertz CT molecular complexity index is 1030. The van der Waals surface area contributed by atoms with Gasteiger partial charge in [0.15, 0.2) is 0 Å². The minimum absolute atomic E-state index is 0.182. The first-order valence-electron chi connectivity index (χ1n) is 13.1. The van der Waals surface area contributed by atoms with E-state index in [4.69, 9.17) is 6.11 Å². The number of nitrogens with zero attached hydrogens (tertiary/aromatic N) is 2. The van der Waals surface area contributed by atoms with Crippen LogP contribution in [0.25, 0.3) is 0 Å². The predicted octanol–water partition coefficient (Wildman–Crippen LogP) is 1.27. The van der Waals surface area contributed by atoms with Gasteiger partial charge in [0.05, 0.1) is 33.3 Å². The molecule has 2 aromatic carbocycles. The van der Waals surface area contributed by atoms with Crippen LogP contribution >= 0.6 is 0 Å². The third-order valence-electron chi connectivity index (χ3n) is 7.38. The van der Waals surface area contributed by atoms with Crippen molar-refractivity contribution in [3.63, 3.8) is 0 Å². The van der Waals surface area contributed by atoms with Crippen LogP contribution < -0.4 is 10.2 Å². The maximum absolute atomic E-state index is 10.2. The smallest absolute Gasteiger partial charge is 0.109 e. The van der Waals surface area contributed by atoms with Crippen molar-refractivity contribution in [3.05, 3.63) is 59.1 Å². The number of ether oxygens (including phenoxy) is 1. The molecule has 8 heteroatoms. The van der Waals surface area contributed by atoms with E-state index in [1.54, 1.807) is 4.90 Å². The molecule has 3 fully saturated rings. The number of anilines is 2. The molecule has 4 unspecified atom stereocenters. The average molecular weight is 485 g/mol. The van der Waals surface area contributed by atoms with Gasteiger partial charge in [0.1, 0.15) is 12.2 Å². The zero-order valence-electron chi connectivity index (χ0n) is 21.0. The van der Waals surface area contributed by atoms with Gasteiger partial charge in [0.25, 0.3) is 0 Å². The van der Waals surface area contributed by atoms with E-state index in [2.05, 4.69) is 22.3 Å². The normalized spacial score (nSPS) is 28.1. The summed E-state index contributed by atoms with van der Waals surface area (Å²) in [6.45, 7) is 4.11. The molecule has 8 nitrogen and oxygen atoms in total. The van der Waals surface area contributed by atoms with Gasteiger partial charge in [-0.2, -0.15) is 0 Å². The fourth-order valence-electron chi connectivity index (χ4n) is 5.04. The molecule has 2 aliphatic heterocycles. The van der Waals surface area contributed by atoms with Crippen LogP contribution in [-0.2, 0) is 17.8 Å². The van der Waals surface area contributed by atoms with Crippen LogP contribution in [0.3, 0.4) is 0 Å². The summed E-state index contributed by atoms with van der Waals surface area (Å²) in [5, 5.41) is 43.4. The highest BCUT2D eigenvalue weighted by Crippen LogP contribution is 2.42. The highest BCUT2D eigenvalue weighted by atomic mass is 16.5. The summed E-state index contributed by atoms with van der Waals surface area (Å²) in [4.78, 5) is 4.14. The van der Waals surface area contributed by atoms with E-state index in [-0.39, 0.29) is 13.2 Å². The summed E-state index contributed by atoms with van der Waals surface area (Å²) in [7, 11) is 0. The number of aliphatic hydroxyl groups is 4. The van der Waals surface area contributed by atoms with Crippen molar-refractivity contribution in [2.45, 2.75) is 56.2 Å². The second-order valence-corrected chi connectivity index (χ2v) is 9.98. The van der Waals surface area contributed by atoms with Gasteiger partial charge >= 0.3 is 0 Å². The molecule has 0 spiro atoms. The Balaban J connectivity index is 1.25. The number of likely N-dealkylation sites (tertiary alicyclic amines) is 1. The molecule has 190 valence electrons. The second-order valence-electron chi connectivity index (χ2n) is 9.98. The van der Waals surface area contributed by atoms with Gasteiger partial charge in [-0.15, -0.1) is 0 Å². The minimum atomic E-state index is -1.25. The highest BCUT2D eigenvalue weighted by Gasteiger charge is 2.40. The number of nitrogens with one attached hydrogen (secondary N) is 1. The molecule has 5 rings (SSSR count). The molecule has 35 heavy (non-hydrogen) atoms. The van der Waals surface area contributed by atoms with Crippen LogP contribution in [0.1, 0.15) is 36.8 Å². The molecule has 0 aromatic heterocycles. The van der Waals surface area contributed by atoms with Crippen molar-refractivity contribution >= 4 is 11.4 Å². The third kappa shape index (κ3) is 5.80. The van der Waals surface area contributed by atoms with Gasteiger partial charge < -0.3 is 35.4 Å². The first-order chi connectivity index (χ1) is 17.4. The molecule has 5 N–H and O–H groups in total. The number of aliphatic hydroxyl groups excluding tert-OH is 4. The lowest BCUT2D eigenvalue weighted by Crippen LogP contribution is -2.62. The lowest BCUT2D eigenvalue weighted by Gasteiger charge is -2.43. The predicted molar refractivity (Wildman–Crippen MR) is 135 cm³/mol. The molecular formula is C27H37N3O5. The number of benzene rings is 2. The summed E-state index contributed by atoms with van der Waals surface area (Å²) in [6.07, 6.45) is -1.20. The fraction of sp³-hybridized carbons (Fsp3) is 0.556. The van der Waals surface area contributed by atoms with Crippen LogP contribution in [0.15, 0.2) is 42.4 Å². The van der Waals surface area contributed by atoms with E-state index >= 15 is 0 Å². The van der Waals surface area contributed by atoms with E-state index in [9.17, 15) is 20.4 Å². The van der Waals surface area contributed by atoms with Gasteiger partial charge in [0, 0.05) is 44.1 Å². The van der Waals surface area contributed by atoms with Crippen LogP contribution in [0, 0.1) is 0 Å². The summed E-state index contributed by atoms with van der Waals surface area (Å²) in [5.74, 6) is 0.494. The Morgan fingerprint density at radius 3 is 2.40 bits per heavy atom. The number of β-amino-alcohol motifs (C(OH)–C–C–N with tert-alkyl or cyclic N) is 1. The zero-order chi connectivity index (χ0) is 25.2. The standard InChI is InChI=1S/C27H37N3O5/c31-17-24-26(33)27(34)25(32)16-30(24)15-19-3-1-18(2-4-19)14-28-22-11-21(20-5-6-20)12-23(13-22)29-7-9-35-10-8-29/h1-4,11-13,20,24-28,31-34H,5-10,14-17H2/i11D. The molecule has 0 amide bonds. The van der Waals surface area contributed by atoms with Crippen molar-refractivity contribution in [2.75, 3.05) is 49.7 Å². The number of piperidine rings is 1. The van der Waals surface area contributed by atoms with Crippen LogP contribution in [0.4, 0.5) is 11.4 Å². The average Bonchev–Trinajstić information content (AvgIpc) is 3.74. The van der Waals surface area contributed by atoms with Gasteiger partial charge in [-0.3, -0.25) is 4.90 Å². The summed E-state index contributed by atoms with van der Waals surface area (Å²) in [5.41, 5.74) is 5.20. The quantitative estimate of drug-likeness (QED) is 0.381. The van der Waals surface area contributed by atoms with Crippen molar-refractivity contribution in [1.82, 2.24) is 4.90 Å². The molecular weight excluding hydrogens is 446 g/mol. The summed E-state index contributed by atoms with van der Waals surface area (Å²) >= 11 is 0. The molecule has 0 radical (unpaired) electrons. The largest absolute Gasteiger partial charge is 0.395 e. The maximum Gasteiger partial charge on any atom is 0.109 e. The number of hydrogen-bond acceptors (Lipinski definition) is 8. The maximum atomic E-state index is 10.2. The first kappa shape index (κ1) is 23.2. The number of hydrogen-bond donors (Lipinski definition) is 5. The van der Waals surface area contributed by atoms with E-state index in [0.29, 0.717) is 25.0 Å². The summed E-state index contributed by atoms with van der Waals surface area (Å²) < 4.78 is 14.3. The van der Waals surface area contributed by atoms with Crippen LogP contribution in [-0.4, -0.2) is 89.1 Å². The lowest BCUT2D eigenvalue weighted by atomic mass is 9.93. The van der Waals surface area contributed by atoms with Crippen LogP contribution in [0.5, 0.6) is 0 Å². The van der Waals surface area contributed by atoms with Gasteiger partial charge in [-0.1, -0.05) is 24.3 Å². The third-order valence-corrected chi connectivity index (χ3v) is 7.38. The van der Waals surface area contributed by atoms with E-state index in [1.165, 1.54) is 0 Å². The molecule has 2 aromatic rings. The fourth-order valence-corrected chi connectivity index (χ4v) is 5.04. The monoisotopic (exact) mass is 484 g/mol. The number of rotatable bonds is 8. The molecule has 1 saturated carbocycles. The molecule has 1 aliphatic carbocycles. The van der Waals surface area contributed by atoms with E-state index in [1.807, 2.05) is 24.3 Å². The van der Waals surface area contributed by atoms with Gasteiger partial charge in [-0.05, 0) is 53.6 Å². The Hall–Kier alpha value is -2.20. The van der Waals surface area contributed by atoms with E-state index < -0.39 is 24.4 Å². The Morgan fingerprint density at radius 1 is 1.00 bits per heavy atom. The van der Waals surface area contributed by atoms with Gasteiger partial charge in [0.2, 0.25) is 0 Å². The molecule has 4 atom stereocenters. The summed E-state index contributed by atoms with van der Waals surface area (Å²) in [6, 6.07) is 12.3.